The molecule has 126 valence electrons. The molecular weight excluding hydrogens is 327 g/mol. The number of piperidine rings is 1. The van der Waals surface area contributed by atoms with Gasteiger partial charge in [0.1, 0.15) is 0 Å². The van der Waals surface area contributed by atoms with Gasteiger partial charge in [-0.15, -0.1) is 0 Å². The van der Waals surface area contributed by atoms with Crippen LogP contribution in [0.1, 0.15) is 25.3 Å². The van der Waals surface area contributed by atoms with E-state index in [2.05, 4.69) is 10.6 Å². The molecule has 0 bridgehead atoms. The van der Waals surface area contributed by atoms with Crippen molar-refractivity contribution in [3.05, 3.63) is 29.8 Å². The SMILES string of the molecule is CC(=O)NC1CCCN(C(=S)Nc2cccc(C(F)(F)F)c2)C1. The average Bonchev–Trinajstić information content (AvgIpc) is 2.46. The van der Waals surface area contributed by atoms with Crippen LogP contribution in [0.4, 0.5) is 18.9 Å². The number of likely N-dealkylation sites (tertiary alicyclic amines) is 1. The van der Waals surface area contributed by atoms with Gasteiger partial charge in [-0.3, -0.25) is 4.79 Å². The zero-order valence-corrected chi connectivity index (χ0v) is 13.4. The quantitative estimate of drug-likeness (QED) is 0.809. The van der Waals surface area contributed by atoms with E-state index in [1.165, 1.54) is 19.1 Å². The second-order valence-electron chi connectivity index (χ2n) is 5.49. The summed E-state index contributed by atoms with van der Waals surface area (Å²) in [4.78, 5) is 13.0. The largest absolute Gasteiger partial charge is 0.416 e. The van der Waals surface area contributed by atoms with Crippen LogP contribution in [0.5, 0.6) is 0 Å². The van der Waals surface area contributed by atoms with Crippen molar-refractivity contribution in [2.24, 2.45) is 0 Å². The number of hydrogen-bond donors (Lipinski definition) is 2. The summed E-state index contributed by atoms with van der Waals surface area (Å²) in [5.41, 5.74) is -0.424. The van der Waals surface area contributed by atoms with Gasteiger partial charge in [-0.25, -0.2) is 0 Å². The first-order valence-corrected chi connectivity index (χ1v) is 7.67. The maximum Gasteiger partial charge on any atom is 0.416 e. The van der Waals surface area contributed by atoms with E-state index in [9.17, 15) is 18.0 Å². The number of hydrogen-bond acceptors (Lipinski definition) is 2. The molecule has 0 aromatic heterocycles. The Bertz CT molecular complexity index is 592. The van der Waals surface area contributed by atoms with Gasteiger partial charge in [0.2, 0.25) is 5.91 Å². The van der Waals surface area contributed by atoms with E-state index in [0.29, 0.717) is 23.9 Å². The third-order valence-corrected chi connectivity index (χ3v) is 3.92. The van der Waals surface area contributed by atoms with Crippen LogP contribution in [0.15, 0.2) is 24.3 Å². The highest BCUT2D eigenvalue weighted by atomic mass is 32.1. The number of amides is 1. The molecule has 8 heteroatoms. The van der Waals surface area contributed by atoms with E-state index in [-0.39, 0.29) is 11.9 Å². The maximum atomic E-state index is 12.7. The number of carbonyl (C=O) groups is 1. The molecule has 0 saturated carbocycles. The summed E-state index contributed by atoms with van der Waals surface area (Å²) >= 11 is 5.28. The molecule has 1 amide bonds. The first-order chi connectivity index (χ1) is 10.8. The Kier molecular flexibility index (Phi) is 5.46. The van der Waals surface area contributed by atoms with Crippen LogP contribution in [-0.4, -0.2) is 35.1 Å². The third-order valence-electron chi connectivity index (χ3n) is 3.56. The van der Waals surface area contributed by atoms with E-state index >= 15 is 0 Å². The van der Waals surface area contributed by atoms with E-state index in [1.54, 1.807) is 0 Å². The molecule has 1 unspecified atom stereocenters. The fraction of sp³-hybridized carbons (Fsp3) is 0.467. The number of anilines is 1. The molecule has 0 radical (unpaired) electrons. The van der Waals surface area contributed by atoms with Crippen LogP contribution in [0.2, 0.25) is 0 Å². The van der Waals surface area contributed by atoms with Crippen LogP contribution in [0.3, 0.4) is 0 Å². The molecule has 1 aliphatic heterocycles. The van der Waals surface area contributed by atoms with Crippen LogP contribution in [-0.2, 0) is 11.0 Å². The number of alkyl halides is 3. The number of halogens is 3. The zero-order valence-electron chi connectivity index (χ0n) is 12.6. The van der Waals surface area contributed by atoms with Crippen molar-refractivity contribution in [3.63, 3.8) is 0 Å². The van der Waals surface area contributed by atoms with Gasteiger partial charge in [0.25, 0.3) is 0 Å². The molecule has 0 spiro atoms. The Morgan fingerprint density at radius 2 is 2.13 bits per heavy atom. The minimum Gasteiger partial charge on any atom is -0.352 e. The number of carbonyl (C=O) groups excluding carboxylic acids is 1. The fourth-order valence-corrected chi connectivity index (χ4v) is 2.83. The molecule has 23 heavy (non-hydrogen) atoms. The van der Waals surface area contributed by atoms with E-state index in [4.69, 9.17) is 12.2 Å². The Hall–Kier alpha value is -1.83. The lowest BCUT2D eigenvalue weighted by molar-refractivity contribution is -0.137. The van der Waals surface area contributed by atoms with Gasteiger partial charge < -0.3 is 15.5 Å². The second-order valence-corrected chi connectivity index (χ2v) is 5.88. The Morgan fingerprint density at radius 3 is 2.78 bits per heavy atom. The highest BCUT2D eigenvalue weighted by molar-refractivity contribution is 7.80. The van der Waals surface area contributed by atoms with Gasteiger partial charge in [0, 0.05) is 31.7 Å². The highest BCUT2D eigenvalue weighted by Crippen LogP contribution is 2.30. The van der Waals surface area contributed by atoms with Crippen molar-refractivity contribution in [2.75, 3.05) is 18.4 Å². The summed E-state index contributed by atoms with van der Waals surface area (Å²) in [6.45, 7) is 2.71. The van der Waals surface area contributed by atoms with E-state index < -0.39 is 11.7 Å². The summed E-state index contributed by atoms with van der Waals surface area (Å²) in [5, 5.41) is 6.05. The van der Waals surface area contributed by atoms with Crippen LogP contribution < -0.4 is 10.6 Å². The normalized spacial score (nSPS) is 18.4. The number of thiocarbonyl (C=S) groups is 1. The molecule has 2 N–H and O–H groups in total. The molecule has 1 fully saturated rings. The smallest absolute Gasteiger partial charge is 0.352 e. The summed E-state index contributed by atoms with van der Waals surface area (Å²) in [6.07, 6.45) is -2.67. The van der Waals surface area contributed by atoms with Crippen LogP contribution in [0, 0.1) is 0 Å². The highest BCUT2D eigenvalue weighted by Gasteiger charge is 2.30. The van der Waals surface area contributed by atoms with Gasteiger partial charge in [0.15, 0.2) is 5.11 Å². The molecule has 0 aliphatic carbocycles. The lowest BCUT2D eigenvalue weighted by Gasteiger charge is -2.34. The fourth-order valence-electron chi connectivity index (χ4n) is 2.54. The van der Waals surface area contributed by atoms with Crippen LogP contribution in [0.25, 0.3) is 0 Å². The maximum absolute atomic E-state index is 12.7. The first-order valence-electron chi connectivity index (χ1n) is 7.26. The molecule has 4 nitrogen and oxygen atoms in total. The predicted octanol–water partition coefficient (Wildman–Crippen LogP) is 3.00. The minimum atomic E-state index is -4.39. The monoisotopic (exact) mass is 345 g/mol. The molecule has 1 saturated heterocycles. The number of rotatable bonds is 2. The van der Waals surface area contributed by atoms with E-state index in [0.717, 1.165) is 25.0 Å². The lowest BCUT2D eigenvalue weighted by Crippen LogP contribution is -2.50. The average molecular weight is 345 g/mol. The van der Waals surface area contributed by atoms with Gasteiger partial charge in [-0.1, -0.05) is 6.07 Å². The van der Waals surface area contributed by atoms with Crippen molar-refractivity contribution >= 4 is 28.9 Å². The number of benzene rings is 1. The van der Waals surface area contributed by atoms with Gasteiger partial charge >= 0.3 is 6.18 Å². The number of nitrogens with one attached hydrogen (secondary N) is 2. The summed E-state index contributed by atoms with van der Waals surface area (Å²) < 4.78 is 38.2. The van der Waals surface area contributed by atoms with Gasteiger partial charge in [-0.2, -0.15) is 13.2 Å². The van der Waals surface area contributed by atoms with E-state index in [1.807, 2.05) is 4.90 Å². The summed E-state index contributed by atoms with van der Waals surface area (Å²) in [7, 11) is 0. The molecule has 1 aliphatic rings. The number of nitrogens with zero attached hydrogens (tertiary/aromatic N) is 1. The molecule has 1 atom stereocenters. The second kappa shape index (κ2) is 7.16. The van der Waals surface area contributed by atoms with Crippen molar-refractivity contribution in [1.82, 2.24) is 10.2 Å². The topological polar surface area (TPSA) is 44.4 Å². The molecular formula is C15H18F3N3OS. The Morgan fingerprint density at radius 1 is 1.39 bits per heavy atom. The molecule has 2 rings (SSSR count). The van der Waals surface area contributed by atoms with Crippen molar-refractivity contribution in [1.29, 1.82) is 0 Å². The minimum absolute atomic E-state index is 0.00232. The third kappa shape index (κ3) is 5.09. The van der Waals surface area contributed by atoms with Gasteiger partial charge in [0.05, 0.1) is 5.56 Å². The first kappa shape index (κ1) is 17.5. The predicted molar refractivity (Wildman–Crippen MR) is 86.1 cm³/mol. The van der Waals surface area contributed by atoms with Crippen molar-refractivity contribution in [3.8, 4) is 0 Å². The van der Waals surface area contributed by atoms with Gasteiger partial charge in [-0.05, 0) is 43.3 Å². The molecule has 1 heterocycles. The summed E-state index contributed by atoms with van der Waals surface area (Å²) in [6, 6.07) is 4.92. The molecule has 1 aromatic rings. The lowest BCUT2D eigenvalue weighted by atomic mass is 10.1. The van der Waals surface area contributed by atoms with Crippen molar-refractivity contribution in [2.45, 2.75) is 32.0 Å². The Balaban J connectivity index is 2.00. The van der Waals surface area contributed by atoms with Crippen LogP contribution >= 0.6 is 12.2 Å². The Labute approximate surface area is 138 Å². The van der Waals surface area contributed by atoms with Crippen molar-refractivity contribution < 1.29 is 18.0 Å². The standard InChI is InChI=1S/C15H18F3N3OS/c1-10(22)19-13-6-3-7-21(9-13)14(23)20-12-5-2-4-11(8-12)15(16,17)18/h2,4-5,8,13H,3,6-7,9H2,1H3,(H,19,22)(H,20,23). The molecule has 1 aromatic carbocycles. The summed E-state index contributed by atoms with van der Waals surface area (Å²) in [5.74, 6) is -0.103. The zero-order chi connectivity index (χ0) is 17.0.